The molecule has 0 aromatic heterocycles. The van der Waals surface area contributed by atoms with E-state index < -0.39 is 0 Å². The van der Waals surface area contributed by atoms with Crippen molar-refractivity contribution in [3.05, 3.63) is 0 Å². The van der Waals surface area contributed by atoms with Gasteiger partial charge in [0.05, 0.1) is 6.54 Å². The van der Waals surface area contributed by atoms with Crippen LogP contribution in [0.2, 0.25) is 0 Å². The van der Waals surface area contributed by atoms with Gasteiger partial charge in [-0.2, -0.15) is 0 Å². The fourth-order valence-corrected chi connectivity index (χ4v) is 3.58. The molecule has 110 valence electrons. The highest BCUT2D eigenvalue weighted by molar-refractivity contribution is 5.78. The third-order valence-corrected chi connectivity index (χ3v) is 4.91. The second-order valence-electron chi connectivity index (χ2n) is 6.47. The van der Waals surface area contributed by atoms with E-state index in [0.29, 0.717) is 18.6 Å². The molecule has 3 nitrogen and oxygen atoms in total. The number of carbonyl (C=O) groups is 1. The maximum Gasteiger partial charge on any atom is 0.234 e. The molecule has 0 saturated heterocycles. The van der Waals surface area contributed by atoms with E-state index >= 15 is 0 Å². The van der Waals surface area contributed by atoms with E-state index in [1.807, 2.05) is 0 Å². The van der Waals surface area contributed by atoms with Gasteiger partial charge in [0.15, 0.2) is 0 Å². The Kier molecular flexibility index (Phi) is 6.15. The zero-order valence-electron chi connectivity index (χ0n) is 12.4. The van der Waals surface area contributed by atoms with E-state index in [-0.39, 0.29) is 5.91 Å². The Labute approximate surface area is 117 Å². The zero-order valence-corrected chi connectivity index (χ0v) is 12.4. The molecule has 0 aliphatic heterocycles. The summed E-state index contributed by atoms with van der Waals surface area (Å²) in [5, 5.41) is 6.62. The summed E-state index contributed by atoms with van der Waals surface area (Å²) >= 11 is 0. The van der Waals surface area contributed by atoms with Crippen molar-refractivity contribution in [3.63, 3.8) is 0 Å². The van der Waals surface area contributed by atoms with Crippen molar-refractivity contribution in [3.8, 4) is 0 Å². The zero-order chi connectivity index (χ0) is 13.5. The molecule has 0 radical (unpaired) electrons. The highest BCUT2D eigenvalue weighted by Gasteiger charge is 2.22. The maximum atomic E-state index is 12.0. The smallest absolute Gasteiger partial charge is 0.234 e. The fraction of sp³-hybridized carbons (Fsp3) is 0.938. The first-order valence-corrected chi connectivity index (χ1v) is 8.28. The van der Waals surface area contributed by atoms with Crippen LogP contribution in [0.1, 0.15) is 71.1 Å². The van der Waals surface area contributed by atoms with Gasteiger partial charge in [-0.3, -0.25) is 4.79 Å². The van der Waals surface area contributed by atoms with Gasteiger partial charge in [0.2, 0.25) is 5.91 Å². The lowest BCUT2D eigenvalue weighted by molar-refractivity contribution is -0.121. The quantitative estimate of drug-likeness (QED) is 0.751. The minimum Gasteiger partial charge on any atom is -0.352 e. The largest absolute Gasteiger partial charge is 0.352 e. The molecule has 2 N–H and O–H groups in total. The molecule has 0 aromatic carbocycles. The van der Waals surface area contributed by atoms with Crippen molar-refractivity contribution < 1.29 is 4.79 Å². The van der Waals surface area contributed by atoms with Crippen LogP contribution in [0.25, 0.3) is 0 Å². The summed E-state index contributed by atoms with van der Waals surface area (Å²) in [7, 11) is 0. The van der Waals surface area contributed by atoms with Crippen LogP contribution in [0, 0.1) is 5.92 Å². The van der Waals surface area contributed by atoms with Gasteiger partial charge in [-0.25, -0.2) is 0 Å². The van der Waals surface area contributed by atoms with Crippen LogP contribution in [0.4, 0.5) is 0 Å². The Hall–Kier alpha value is -0.570. The molecule has 0 bridgehead atoms. The minimum absolute atomic E-state index is 0.191. The molecule has 2 fully saturated rings. The van der Waals surface area contributed by atoms with Gasteiger partial charge in [0.1, 0.15) is 0 Å². The lowest BCUT2D eigenvalue weighted by Crippen LogP contribution is -2.44. The molecule has 2 aliphatic carbocycles. The first-order chi connectivity index (χ1) is 9.25. The average Bonchev–Trinajstić information content (AvgIpc) is 2.82. The van der Waals surface area contributed by atoms with Gasteiger partial charge >= 0.3 is 0 Å². The molecule has 0 spiro atoms. The molecular formula is C16H30N2O. The lowest BCUT2D eigenvalue weighted by atomic mass is 10.00. The lowest BCUT2D eigenvalue weighted by Gasteiger charge is -2.21. The predicted molar refractivity (Wildman–Crippen MR) is 79.1 cm³/mol. The molecular weight excluding hydrogens is 236 g/mol. The predicted octanol–water partition coefficient (Wildman–Crippen LogP) is 2.99. The highest BCUT2D eigenvalue weighted by Crippen LogP contribution is 2.27. The Morgan fingerprint density at radius 2 is 1.58 bits per heavy atom. The van der Waals surface area contributed by atoms with Crippen LogP contribution in [0.5, 0.6) is 0 Å². The minimum atomic E-state index is 0.191. The fourth-order valence-electron chi connectivity index (χ4n) is 3.58. The highest BCUT2D eigenvalue weighted by atomic mass is 16.1. The van der Waals surface area contributed by atoms with Gasteiger partial charge in [-0.15, -0.1) is 0 Å². The number of nitrogens with one attached hydrogen (secondary N) is 2. The first-order valence-electron chi connectivity index (χ1n) is 8.28. The van der Waals surface area contributed by atoms with Crippen LogP contribution in [-0.2, 0) is 4.79 Å². The summed E-state index contributed by atoms with van der Waals surface area (Å²) in [5.74, 6) is 0.974. The number of hydrogen-bond acceptors (Lipinski definition) is 2. The van der Waals surface area contributed by atoms with Crippen molar-refractivity contribution in [1.29, 1.82) is 0 Å². The Bertz CT molecular complexity index is 266. The number of amides is 1. The van der Waals surface area contributed by atoms with Crippen molar-refractivity contribution in [2.24, 2.45) is 5.92 Å². The Morgan fingerprint density at radius 1 is 1.00 bits per heavy atom. The second-order valence-corrected chi connectivity index (χ2v) is 6.47. The first kappa shape index (κ1) is 14.8. The monoisotopic (exact) mass is 266 g/mol. The maximum absolute atomic E-state index is 12.0. The van der Waals surface area contributed by atoms with E-state index in [1.165, 1.54) is 64.2 Å². The van der Waals surface area contributed by atoms with Gasteiger partial charge in [-0.05, 0) is 38.5 Å². The Morgan fingerprint density at radius 3 is 2.21 bits per heavy atom. The summed E-state index contributed by atoms with van der Waals surface area (Å²) in [6, 6.07) is 0.918. The van der Waals surface area contributed by atoms with Gasteiger partial charge in [0.25, 0.3) is 0 Å². The molecule has 19 heavy (non-hydrogen) atoms. The van der Waals surface area contributed by atoms with Crippen LogP contribution in [0.15, 0.2) is 0 Å². The molecule has 2 saturated carbocycles. The summed E-state index contributed by atoms with van der Waals surface area (Å²) in [6.45, 7) is 2.73. The molecule has 3 heteroatoms. The van der Waals surface area contributed by atoms with Gasteiger partial charge in [0, 0.05) is 12.1 Å². The molecule has 1 amide bonds. The number of carbonyl (C=O) groups excluding carboxylic acids is 1. The molecule has 2 aliphatic rings. The summed E-state index contributed by atoms with van der Waals surface area (Å²) in [5.41, 5.74) is 0. The molecule has 2 rings (SSSR count). The topological polar surface area (TPSA) is 41.1 Å². The molecule has 0 heterocycles. The normalized spacial score (nSPS) is 24.1. The van der Waals surface area contributed by atoms with E-state index in [4.69, 9.17) is 0 Å². The summed E-state index contributed by atoms with van der Waals surface area (Å²) < 4.78 is 0. The Balaban J connectivity index is 1.63. The van der Waals surface area contributed by atoms with Gasteiger partial charge < -0.3 is 10.6 Å². The molecule has 1 atom stereocenters. The van der Waals surface area contributed by atoms with Crippen LogP contribution in [-0.4, -0.2) is 24.5 Å². The summed E-state index contributed by atoms with van der Waals surface area (Å²) in [4.78, 5) is 12.0. The SMILES string of the molecule is C[C@@H](NCC(=O)NC1CCCCCC1)C1CCCC1. The van der Waals surface area contributed by atoms with Gasteiger partial charge in [-0.1, -0.05) is 38.5 Å². The standard InChI is InChI=1S/C16H30N2O/c1-13(14-8-6-7-9-14)17-12-16(19)18-15-10-4-2-3-5-11-15/h13-15,17H,2-12H2,1H3,(H,18,19)/t13-/m1/s1. The molecule has 0 unspecified atom stereocenters. The van der Waals surface area contributed by atoms with Crippen molar-refractivity contribution >= 4 is 5.91 Å². The number of rotatable bonds is 5. The van der Waals surface area contributed by atoms with Crippen molar-refractivity contribution in [2.75, 3.05) is 6.54 Å². The molecule has 0 aromatic rings. The van der Waals surface area contributed by atoms with E-state index in [0.717, 1.165) is 5.92 Å². The van der Waals surface area contributed by atoms with Crippen molar-refractivity contribution in [2.45, 2.75) is 83.2 Å². The summed E-state index contributed by atoms with van der Waals surface area (Å²) in [6.07, 6.45) is 13.0. The van der Waals surface area contributed by atoms with Crippen molar-refractivity contribution in [1.82, 2.24) is 10.6 Å². The van der Waals surface area contributed by atoms with E-state index in [2.05, 4.69) is 17.6 Å². The van der Waals surface area contributed by atoms with E-state index in [9.17, 15) is 4.79 Å². The van der Waals surface area contributed by atoms with Crippen LogP contribution in [0.3, 0.4) is 0 Å². The van der Waals surface area contributed by atoms with Crippen LogP contribution < -0.4 is 10.6 Å². The average molecular weight is 266 g/mol. The van der Waals surface area contributed by atoms with E-state index in [1.54, 1.807) is 0 Å². The number of hydrogen-bond donors (Lipinski definition) is 2. The van der Waals surface area contributed by atoms with Crippen LogP contribution >= 0.6 is 0 Å². The third kappa shape index (κ3) is 5.13. The second kappa shape index (κ2) is 7.88. The third-order valence-electron chi connectivity index (χ3n) is 4.91.